The van der Waals surface area contributed by atoms with Gasteiger partial charge in [-0.2, -0.15) is 0 Å². The van der Waals surface area contributed by atoms with E-state index < -0.39 is 6.10 Å². The fourth-order valence-corrected chi connectivity index (χ4v) is 2.57. The lowest BCUT2D eigenvalue weighted by Crippen LogP contribution is -2.26. The monoisotopic (exact) mass is 346 g/mol. The zero-order chi connectivity index (χ0) is 18.4. The molecule has 1 atom stereocenters. The van der Waals surface area contributed by atoms with Crippen molar-refractivity contribution in [2.45, 2.75) is 26.6 Å². The quantitative estimate of drug-likeness (QED) is 0.577. The van der Waals surface area contributed by atoms with E-state index in [0.717, 1.165) is 16.7 Å². The SMILES string of the molecule is Cc1ccc(-c2ccc(OC(C)C(=O)OCc3ccccc3)cc2)cc1. The van der Waals surface area contributed by atoms with Crippen molar-refractivity contribution in [2.75, 3.05) is 0 Å². The van der Waals surface area contributed by atoms with Gasteiger partial charge in [-0.15, -0.1) is 0 Å². The van der Waals surface area contributed by atoms with E-state index in [-0.39, 0.29) is 12.6 Å². The van der Waals surface area contributed by atoms with Gasteiger partial charge in [0, 0.05) is 0 Å². The van der Waals surface area contributed by atoms with E-state index in [0.29, 0.717) is 5.75 Å². The maximum Gasteiger partial charge on any atom is 0.347 e. The van der Waals surface area contributed by atoms with E-state index in [4.69, 9.17) is 9.47 Å². The molecule has 0 radical (unpaired) electrons. The number of ether oxygens (including phenoxy) is 2. The highest BCUT2D eigenvalue weighted by Crippen LogP contribution is 2.23. The largest absolute Gasteiger partial charge is 0.479 e. The topological polar surface area (TPSA) is 35.5 Å². The Kier molecular flexibility index (Phi) is 5.69. The number of benzene rings is 3. The number of carbonyl (C=O) groups excluding carboxylic acids is 1. The van der Waals surface area contributed by atoms with Crippen LogP contribution in [0.25, 0.3) is 11.1 Å². The average Bonchev–Trinajstić information content (AvgIpc) is 2.68. The molecule has 0 saturated carbocycles. The van der Waals surface area contributed by atoms with Crippen LogP contribution in [-0.4, -0.2) is 12.1 Å². The second kappa shape index (κ2) is 8.34. The van der Waals surface area contributed by atoms with Gasteiger partial charge in [0.15, 0.2) is 6.10 Å². The predicted octanol–water partition coefficient (Wildman–Crippen LogP) is 5.17. The van der Waals surface area contributed by atoms with Gasteiger partial charge in [-0.25, -0.2) is 4.79 Å². The summed E-state index contributed by atoms with van der Waals surface area (Å²) in [6.07, 6.45) is -0.663. The Morgan fingerprint density at radius 1 is 0.846 bits per heavy atom. The zero-order valence-corrected chi connectivity index (χ0v) is 15.0. The van der Waals surface area contributed by atoms with Crippen molar-refractivity contribution in [3.05, 3.63) is 90.0 Å². The highest BCUT2D eigenvalue weighted by atomic mass is 16.6. The Morgan fingerprint density at radius 3 is 2.04 bits per heavy atom. The van der Waals surface area contributed by atoms with Crippen molar-refractivity contribution >= 4 is 5.97 Å². The summed E-state index contributed by atoms with van der Waals surface area (Å²) in [7, 11) is 0. The van der Waals surface area contributed by atoms with E-state index in [1.807, 2.05) is 54.6 Å². The Balaban J connectivity index is 1.56. The van der Waals surface area contributed by atoms with E-state index in [2.05, 4.69) is 31.2 Å². The van der Waals surface area contributed by atoms with Crippen molar-refractivity contribution in [3.63, 3.8) is 0 Å². The molecule has 26 heavy (non-hydrogen) atoms. The summed E-state index contributed by atoms with van der Waals surface area (Å²) < 4.78 is 11.0. The van der Waals surface area contributed by atoms with Gasteiger partial charge >= 0.3 is 5.97 Å². The number of carbonyl (C=O) groups is 1. The van der Waals surface area contributed by atoms with Crippen molar-refractivity contribution < 1.29 is 14.3 Å². The normalized spacial score (nSPS) is 11.6. The molecule has 1 unspecified atom stereocenters. The van der Waals surface area contributed by atoms with E-state index in [1.165, 1.54) is 5.56 Å². The molecule has 0 aliphatic heterocycles. The van der Waals surface area contributed by atoms with Crippen LogP contribution in [0, 0.1) is 6.92 Å². The minimum Gasteiger partial charge on any atom is -0.479 e. The molecule has 0 spiro atoms. The Hall–Kier alpha value is -3.07. The minimum atomic E-state index is -0.663. The molecular weight excluding hydrogens is 324 g/mol. The Morgan fingerprint density at radius 2 is 1.42 bits per heavy atom. The first-order valence-corrected chi connectivity index (χ1v) is 8.66. The summed E-state index contributed by atoms with van der Waals surface area (Å²) in [6.45, 7) is 4.01. The summed E-state index contributed by atoms with van der Waals surface area (Å²) in [5, 5.41) is 0. The molecule has 0 aromatic heterocycles. The van der Waals surface area contributed by atoms with Gasteiger partial charge in [-0.3, -0.25) is 0 Å². The van der Waals surface area contributed by atoms with Gasteiger partial charge in [0.2, 0.25) is 0 Å². The van der Waals surface area contributed by atoms with E-state index in [1.54, 1.807) is 6.92 Å². The van der Waals surface area contributed by atoms with Crippen molar-refractivity contribution in [1.29, 1.82) is 0 Å². The second-order valence-electron chi connectivity index (χ2n) is 6.24. The predicted molar refractivity (Wildman–Crippen MR) is 103 cm³/mol. The summed E-state index contributed by atoms with van der Waals surface area (Å²) in [5.41, 5.74) is 4.45. The molecule has 0 N–H and O–H groups in total. The average molecular weight is 346 g/mol. The summed E-state index contributed by atoms with van der Waals surface area (Å²) >= 11 is 0. The fourth-order valence-electron chi connectivity index (χ4n) is 2.57. The van der Waals surface area contributed by atoms with Crippen molar-refractivity contribution in [1.82, 2.24) is 0 Å². The third-order valence-corrected chi connectivity index (χ3v) is 4.11. The fraction of sp³-hybridized carbons (Fsp3) is 0.174. The molecule has 0 aliphatic rings. The van der Waals surface area contributed by atoms with Crippen LogP contribution >= 0.6 is 0 Å². The lowest BCUT2D eigenvalue weighted by Gasteiger charge is -2.14. The maximum absolute atomic E-state index is 12.1. The number of hydrogen-bond acceptors (Lipinski definition) is 3. The Bertz CT molecular complexity index is 837. The van der Waals surface area contributed by atoms with Crippen LogP contribution in [0.15, 0.2) is 78.9 Å². The third-order valence-electron chi connectivity index (χ3n) is 4.11. The number of rotatable bonds is 6. The van der Waals surface area contributed by atoms with Crippen LogP contribution in [0.5, 0.6) is 5.75 Å². The van der Waals surface area contributed by atoms with Gasteiger partial charge in [-0.1, -0.05) is 72.3 Å². The van der Waals surface area contributed by atoms with Gasteiger partial charge in [-0.05, 0) is 42.7 Å². The first-order valence-electron chi connectivity index (χ1n) is 8.66. The zero-order valence-electron chi connectivity index (χ0n) is 15.0. The molecule has 0 heterocycles. The van der Waals surface area contributed by atoms with Crippen molar-refractivity contribution in [3.8, 4) is 16.9 Å². The molecule has 0 amide bonds. The summed E-state index contributed by atoms with van der Waals surface area (Å²) in [4.78, 5) is 12.1. The highest BCUT2D eigenvalue weighted by Gasteiger charge is 2.16. The first kappa shape index (κ1) is 17.7. The lowest BCUT2D eigenvalue weighted by molar-refractivity contribution is -0.152. The van der Waals surface area contributed by atoms with Gasteiger partial charge in [0.1, 0.15) is 12.4 Å². The van der Waals surface area contributed by atoms with Crippen LogP contribution in [0.3, 0.4) is 0 Å². The molecule has 3 aromatic rings. The maximum atomic E-state index is 12.1. The first-order chi connectivity index (χ1) is 12.6. The molecule has 3 nitrogen and oxygen atoms in total. The highest BCUT2D eigenvalue weighted by molar-refractivity contribution is 5.74. The molecule has 0 bridgehead atoms. The van der Waals surface area contributed by atoms with Crippen LogP contribution in [0.1, 0.15) is 18.1 Å². The van der Waals surface area contributed by atoms with Crippen LogP contribution < -0.4 is 4.74 Å². The van der Waals surface area contributed by atoms with Crippen LogP contribution in [0.4, 0.5) is 0 Å². The lowest BCUT2D eigenvalue weighted by atomic mass is 10.0. The number of esters is 1. The molecule has 3 rings (SSSR count). The molecule has 0 saturated heterocycles. The second-order valence-corrected chi connectivity index (χ2v) is 6.24. The standard InChI is InChI=1S/C23H22O3/c1-17-8-10-20(11-9-17)21-12-14-22(15-13-21)26-18(2)23(24)25-16-19-6-4-3-5-7-19/h3-15,18H,16H2,1-2H3. The molecule has 3 aromatic carbocycles. The summed E-state index contributed by atoms with van der Waals surface area (Å²) in [5.74, 6) is 0.265. The number of hydrogen-bond donors (Lipinski definition) is 0. The molecular formula is C23H22O3. The van der Waals surface area contributed by atoms with Gasteiger partial charge in [0.05, 0.1) is 0 Å². The van der Waals surface area contributed by atoms with E-state index in [9.17, 15) is 4.79 Å². The summed E-state index contributed by atoms with van der Waals surface area (Å²) in [6, 6.07) is 25.7. The number of aryl methyl sites for hydroxylation is 1. The minimum absolute atomic E-state index is 0.250. The molecule has 3 heteroatoms. The molecule has 132 valence electrons. The van der Waals surface area contributed by atoms with Gasteiger partial charge < -0.3 is 9.47 Å². The molecule has 0 fully saturated rings. The van der Waals surface area contributed by atoms with Crippen LogP contribution in [-0.2, 0) is 16.1 Å². The third kappa shape index (κ3) is 4.73. The van der Waals surface area contributed by atoms with Gasteiger partial charge in [0.25, 0.3) is 0 Å². The van der Waals surface area contributed by atoms with Crippen LogP contribution in [0.2, 0.25) is 0 Å². The van der Waals surface area contributed by atoms with Crippen molar-refractivity contribution in [2.24, 2.45) is 0 Å². The van der Waals surface area contributed by atoms with E-state index >= 15 is 0 Å². The Labute approximate surface area is 154 Å². The molecule has 0 aliphatic carbocycles. The smallest absolute Gasteiger partial charge is 0.347 e.